The maximum absolute atomic E-state index is 12.1. The fourth-order valence-electron chi connectivity index (χ4n) is 1.55. The van der Waals surface area contributed by atoms with Crippen LogP contribution in [0.1, 0.15) is 5.56 Å². The zero-order chi connectivity index (χ0) is 14.6. The fraction of sp³-hybridized carbons (Fsp3) is 0.167. The first-order valence-electron chi connectivity index (χ1n) is 5.68. The summed E-state index contributed by atoms with van der Waals surface area (Å²) in [5.74, 6) is 0. The molecule has 0 spiro atoms. The van der Waals surface area contributed by atoms with E-state index < -0.39 is 10.0 Å². The summed E-state index contributed by atoms with van der Waals surface area (Å²) in [4.78, 5) is 7.73. The Morgan fingerprint density at radius 1 is 1.35 bits per heavy atom. The van der Waals surface area contributed by atoms with Crippen molar-refractivity contribution < 1.29 is 8.42 Å². The van der Waals surface area contributed by atoms with E-state index in [-0.39, 0.29) is 16.6 Å². The molecule has 2 aromatic rings. The summed E-state index contributed by atoms with van der Waals surface area (Å²) in [6, 6.07) is 5.11. The summed E-state index contributed by atoms with van der Waals surface area (Å²) in [6.07, 6.45) is 5.35. The summed E-state index contributed by atoms with van der Waals surface area (Å²) in [6.45, 7) is 0.261. The number of hydrogen-bond donors (Lipinski definition) is 1. The highest BCUT2D eigenvalue weighted by atomic mass is 79.9. The lowest BCUT2D eigenvalue weighted by molar-refractivity contribution is 0.581. The van der Waals surface area contributed by atoms with E-state index in [0.717, 1.165) is 5.56 Å². The van der Waals surface area contributed by atoms with Crippen LogP contribution in [-0.4, -0.2) is 24.9 Å². The SMILES string of the molecule is O=S(=O)(NCCc1cccnc1)c1cc(Br)cnc1Cl. The van der Waals surface area contributed by atoms with Crippen LogP contribution in [0, 0.1) is 0 Å². The third kappa shape index (κ3) is 3.99. The standard InChI is InChI=1S/C12H11BrClN3O2S/c13-10-6-11(12(14)16-8-10)20(18,19)17-5-3-9-2-1-4-15-7-9/h1-2,4,6-8,17H,3,5H2. The van der Waals surface area contributed by atoms with Crippen LogP contribution in [0.2, 0.25) is 5.15 Å². The molecule has 0 aliphatic heterocycles. The van der Waals surface area contributed by atoms with Crippen LogP contribution in [0.5, 0.6) is 0 Å². The van der Waals surface area contributed by atoms with E-state index in [4.69, 9.17) is 11.6 Å². The molecule has 2 aromatic heterocycles. The van der Waals surface area contributed by atoms with Gasteiger partial charge in [-0.1, -0.05) is 17.7 Å². The van der Waals surface area contributed by atoms with Gasteiger partial charge in [-0.25, -0.2) is 18.1 Å². The predicted octanol–water partition coefficient (Wildman–Crippen LogP) is 2.41. The topological polar surface area (TPSA) is 72.0 Å². The minimum atomic E-state index is -3.68. The Balaban J connectivity index is 2.06. The Bertz CT molecular complexity index is 695. The Morgan fingerprint density at radius 3 is 2.85 bits per heavy atom. The number of halogens is 2. The number of aromatic nitrogens is 2. The van der Waals surface area contributed by atoms with Gasteiger partial charge in [0.05, 0.1) is 0 Å². The van der Waals surface area contributed by atoms with Crippen LogP contribution in [0.15, 0.2) is 46.2 Å². The van der Waals surface area contributed by atoms with E-state index in [2.05, 4.69) is 30.6 Å². The molecule has 20 heavy (non-hydrogen) atoms. The fourth-order valence-corrected chi connectivity index (χ4v) is 3.52. The summed E-state index contributed by atoms with van der Waals surface area (Å²) in [7, 11) is -3.68. The van der Waals surface area contributed by atoms with Gasteiger partial charge in [0.2, 0.25) is 10.0 Å². The van der Waals surface area contributed by atoms with Gasteiger partial charge < -0.3 is 0 Å². The van der Waals surface area contributed by atoms with E-state index in [9.17, 15) is 8.42 Å². The molecule has 2 rings (SSSR count). The Hall–Kier alpha value is -1.02. The molecular weight excluding hydrogens is 366 g/mol. The minimum Gasteiger partial charge on any atom is -0.264 e. The first-order chi connectivity index (χ1) is 9.49. The molecule has 0 bridgehead atoms. The van der Waals surface area contributed by atoms with Crippen LogP contribution in [0.4, 0.5) is 0 Å². The minimum absolute atomic E-state index is 0.0419. The number of nitrogens with one attached hydrogen (secondary N) is 1. The van der Waals surface area contributed by atoms with Crippen molar-refractivity contribution >= 4 is 37.6 Å². The quantitative estimate of drug-likeness (QED) is 0.814. The number of nitrogens with zero attached hydrogens (tertiary/aromatic N) is 2. The largest absolute Gasteiger partial charge is 0.264 e. The van der Waals surface area contributed by atoms with Crippen molar-refractivity contribution in [2.45, 2.75) is 11.3 Å². The van der Waals surface area contributed by atoms with Crippen LogP contribution >= 0.6 is 27.5 Å². The highest BCUT2D eigenvalue weighted by Crippen LogP contribution is 2.22. The summed E-state index contributed by atoms with van der Waals surface area (Å²) in [5, 5.41) is -0.0536. The van der Waals surface area contributed by atoms with Crippen molar-refractivity contribution in [2.24, 2.45) is 0 Å². The average Bonchev–Trinajstić information content (AvgIpc) is 2.42. The zero-order valence-corrected chi connectivity index (χ0v) is 13.4. The van der Waals surface area contributed by atoms with Gasteiger partial charge in [0.15, 0.2) is 0 Å². The molecule has 0 aliphatic rings. The first kappa shape index (κ1) is 15.4. The van der Waals surface area contributed by atoms with E-state index in [1.807, 2.05) is 6.07 Å². The molecular formula is C12H11BrClN3O2S. The molecule has 0 saturated carbocycles. The van der Waals surface area contributed by atoms with E-state index in [1.165, 1.54) is 12.3 Å². The second-order valence-electron chi connectivity index (χ2n) is 3.95. The molecule has 8 heteroatoms. The van der Waals surface area contributed by atoms with Gasteiger partial charge in [0.1, 0.15) is 10.0 Å². The van der Waals surface area contributed by atoms with Gasteiger partial charge in [0.25, 0.3) is 0 Å². The molecule has 5 nitrogen and oxygen atoms in total. The second-order valence-corrected chi connectivity index (χ2v) is 6.96. The lowest BCUT2D eigenvalue weighted by Crippen LogP contribution is -2.26. The molecule has 0 radical (unpaired) electrons. The molecule has 0 aromatic carbocycles. The van der Waals surface area contributed by atoms with Crippen molar-refractivity contribution in [3.05, 3.63) is 52.0 Å². The van der Waals surface area contributed by atoms with E-state index in [0.29, 0.717) is 10.9 Å². The molecule has 0 fully saturated rings. The van der Waals surface area contributed by atoms with E-state index >= 15 is 0 Å². The number of sulfonamides is 1. The van der Waals surface area contributed by atoms with Crippen molar-refractivity contribution in [3.8, 4) is 0 Å². The average molecular weight is 377 g/mol. The molecule has 0 amide bonds. The summed E-state index contributed by atoms with van der Waals surface area (Å²) < 4.78 is 27.3. The van der Waals surface area contributed by atoms with E-state index in [1.54, 1.807) is 18.5 Å². The first-order valence-corrected chi connectivity index (χ1v) is 8.34. The molecule has 0 saturated heterocycles. The van der Waals surface area contributed by atoms with Gasteiger partial charge in [0, 0.05) is 29.6 Å². The Kier molecular flexibility index (Phi) is 5.09. The summed E-state index contributed by atoms with van der Waals surface area (Å²) >= 11 is 8.99. The summed E-state index contributed by atoms with van der Waals surface area (Å²) in [5.41, 5.74) is 0.952. The van der Waals surface area contributed by atoms with Crippen LogP contribution in [0.25, 0.3) is 0 Å². The van der Waals surface area contributed by atoms with Crippen molar-refractivity contribution in [3.63, 3.8) is 0 Å². The number of hydrogen-bond acceptors (Lipinski definition) is 4. The monoisotopic (exact) mass is 375 g/mol. The van der Waals surface area contributed by atoms with Gasteiger partial charge in [-0.3, -0.25) is 4.98 Å². The Morgan fingerprint density at radius 2 is 2.15 bits per heavy atom. The van der Waals surface area contributed by atoms with Gasteiger partial charge >= 0.3 is 0 Å². The Labute approximate surface area is 130 Å². The molecule has 106 valence electrons. The molecule has 0 aliphatic carbocycles. The highest BCUT2D eigenvalue weighted by Gasteiger charge is 2.18. The highest BCUT2D eigenvalue weighted by molar-refractivity contribution is 9.10. The van der Waals surface area contributed by atoms with Crippen molar-refractivity contribution in [1.82, 2.24) is 14.7 Å². The van der Waals surface area contributed by atoms with Gasteiger partial charge in [-0.05, 0) is 40.0 Å². The third-order valence-electron chi connectivity index (χ3n) is 2.49. The predicted molar refractivity (Wildman–Crippen MR) is 80.1 cm³/mol. The molecule has 1 N–H and O–H groups in total. The number of rotatable bonds is 5. The van der Waals surface area contributed by atoms with Gasteiger partial charge in [-0.15, -0.1) is 0 Å². The van der Waals surface area contributed by atoms with Crippen LogP contribution < -0.4 is 4.72 Å². The lowest BCUT2D eigenvalue weighted by atomic mass is 10.2. The maximum atomic E-state index is 12.1. The maximum Gasteiger partial charge on any atom is 0.243 e. The smallest absolute Gasteiger partial charge is 0.243 e. The van der Waals surface area contributed by atoms with Crippen LogP contribution in [-0.2, 0) is 16.4 Å². The molecule has 0 atom stereocenters. The van der Waals surface area contributed by atoms with Gasteiger partial charge in [-0.2, -0.15) is 0 Å². The molecule has 0 unspecified atom stereocenters. The van der Waals surface area contributed by atoms with Crippen LogP contribution in [0.3, 0.4) is 0 Å². The zero-order valence-electron chi connectivity index (χ0n) is 10.3. The second kappa shape index (κ2) is 6.62. The third-order valence-corrected chi connectivity index (χ3v) is 4.81. The molecule has 2 heterocycles. The van der Waals surface area contributed by atoms with Crippen molar-refractivity contribution in [1.29, 1.82) is 0 Å². The number of pyridine rings is 2. The van der Waals surface area contributed by atoms with Crippen molar-refractivity contribution in [2.75, 3.05) is 6.54 Å². The lowest BCUT2D eigenvalue weighted by Gasteiger charge is -2.08. The normalized spacial score (nSPS) is 11.5.